The van der Waals surface area contributed by atoms with Crippen molar-refractivity contribution in [2.45, 2.75) is 51.5 Å². The van der Waals surface area contributed by atoms with Gasteiger partial charge < -0.3 is 9.84 Å². The molecule has 0 fully saturated rings. The molecule has 128 valence electrons. The van der Waals surface area contributed by atoms with Crippen molar-refractivity contribution in [3.8, 4) is 0 Å². The smallest absolute Gasteiger partial charge is 0.238 e. The highest BCUT2D eigenvalue weighted by atomic mass is 79.9. The zero-order valence-electron chi connectivity index (χ0n) is 14.2. The van der Waals surface area contributed by atoms with Crippen molar-refractivity contribution in [1.82, 2.24) is 15.5 Å². The average molecular weight is 392 g/mol. The number of hydrogen-bond acceptors (Lipinski definition) is 5. The van der Waals surface area contributed by atoms with Crippen LogP contribution in [0.4, 0.5) is 0 Å². The van der Waals surface area contributed by atoms with Gasteiger partial charge in [-0.2, -0.15) is 4.98 Å². The molecule has 0 amide bonds. The number of fused-ring (bicyclic) bond motifs is 1. The molecule has 6 heteroatoms. The topological polar surface area (TPSA) is 68.0 Å². The molecular formula is C18H22BrN3O2. The van der Waals surface area contributed by atoms with Crippen LogP contribution in [-0.2, 0) is 12.0 Å². The Morgan fingerprint density at radius 3 is 2.92 bits per heavy atom. The lowest BCUT2D eigenvalue weighted by molar-refractivity contribution is 0.0959. The van der Waals surface area contributed by atoms with Gasteiger partial charge in [-0.1, -0.05) is 47.9 Å². The molecule has 1 aromatic carbocycles. The van der Waals surface area contributed by atoms with Crippen LogP contribution in [0.1, 0.15) is 67.2 Å². The van der Waals surface area contributed by atoms with Crippen LogP contribution >= 0.6 is 15.9 Å². The van der Waals surface area contributed by atoms with Gasteiger partial charge in [-0.05, 0) is 42.1 Å². The lowest BCUT2D eigenvalue weighted by Crippen LogP contribution is -2.14. The molecule has 2 aromatic rings. The Morgan fingerprint density at radius 2 is 2.21 bits per heavy atom. The Balaban J connectivity index is 1.81. The molecule has 0 saturated carbocycles. The Hall–Kier alpha value is -1.53. The summed E-state index contributed by atoms with van der Waals surface area (Å²) >= 11 is 3.52. The van der Waals surface area contributed by atoms with E-state index in [-0.39, 0.29) is 22.9 Å². The van der Waals surface area contributed by atoms with Crippen LogP contribution in [0, 0.1) is 0 Å². The molecule has 3 rings (SSSR count). The summed E-state index contributed by atoms with van der Waals surface area (Å²) in [4.78, 5) is 16.9. The molecule has 1 aliphatic heterocycles. The summed E-state index contributed by atoms with van der Waals surface area (Å²) in [5.41, 5.74) is 2.22. The second kappa shape index (κ2) is 6.76. The number of benzene rings is 1. The summed E-state index contributed by atoms with van der Waals surface area (Å²) in [6.07, 6.45) is 1.32. The van der Waals surface area contributed by atoms with Crippen molar-refractivity contribution in [2.24, 2.45) is 0 Å². The molecule has 1 N–H and O–H groups in total. The third kappa shape index (κ3) is 3.75. The second-order valence-electron chi connectivity index (χ2n) is 7.31. The van der Waals surface area contributed by atoms with E-state index in [0.717, 1.165) is 24.0 Å². The number of nitrogens with zero attached hydrogens (tertiary/aromatic N) is 2. The first-order chi connectivity index (χ1) is 11.3. The van der Waals surface area contributed by atoms with E-state index < -0.39 is 0 Å². The standard InChI is InChI=1S/C18H22BrN3O2/c1-18(2,3)17-21-16(22-24-17)15(23)9-11-6-7-20-10-12-8-13(19)4-5-14(11)12/h4-5,8,11,20H,6-7,9-10H2,1-3H3/t11-/m0/s1. The number of rotatable bonds is 3. The SMILES string of the molecule is CC(C)(C)c1nc(C(=O)C[C@@H]2CCNCc3cc(Br)ccc32)no1. The molecule has 1 atom stereocenters. The summed E-state index contributed by atoms with van der Waals surface area (Å²) in [5, 5.41) is 7.30. The lowest BCUT2D eigenvalue weighted by atomic mass is 9.88. The number of carbonyl (C=O) groups is 1. The Kier molecular flexibility index (Phi) is 4.88. The fourth-order valence-electron chi connectivity index (χ4n) is 2.95. The fraction of sp³-hybridized carbons (Fsp3) is 0.500. The van der Waals surface area contributed by atoms with E-state index in [0.29, 0.717) is 12.3 Å². The lowest BCUT2D eigenvalue weighted by Gasteiger charge is -2.16. The Morgan fingerprint density at radius 1 is 1.42 bits per heavy atom. The highest BCUT2D eigenvalue weighted by Crippen LogP contribution is 2.31. The Labute approximate surface area is 150 Å². The first kappa shape index (κ1) is 17.3. The number of ketones is 1. The molecule has 0 bridgehead atoms. The largest absolute Gasteiger partial charge is 0.338 e. The third-order valence-corrected chi connectivity index (χ3v) is 4.77. The van der Waals surface area contributed by atoms with Crippen molar-refractivity contribution in [2.75, 3.05) is 6.54 Å². The van der Waals surface area contributed by atoms with E-state index >= 15 is 0 Å². The van der Waals surface area contributed by atoms with Crippen LogP contribution in [0.15, 0.2) is 27.2 Å². The van der Waals surface area contributed by atoms with E-state index in [9.17, 15) is 4.79 Å². The van der Waals surface area contributed by atoms with Crippen molar-refractivity contribution in [3.63, 3.8) is 0 Å². The summed E-state index contributed by atoms with van der Waals surface area (Å²) in [6, 6.07) is 6.27. The van der Waals surface area contributed by atoms with Crippen molar-refractivity contribution < 1.29 is 9.32 Å². The first-order valence-electron chi connectivity index (χ1n) is 8.21. The predicted molar refractivity (Wildman–Crippen MR) is 95.2 cm³/mol. The van der Waals surface area contributed by atoms with Gasteiger partial charge in [0.05, 0.1) is 0 Å². The maximum atomic E-state index is 12.6. The van der Waals surface area contributed by atoms with Crippen LogP contribution in [0.2, 0.25) is 0 Å². The molecule has 0 radical (unpaired) electrons. The van der Waals surface area contributed by atoms with Gasteiger partial charge >= 0.3 is 0 Å². The van der Waals surface area contributed by atoms with E-state index in [2.05, 4.69) is 43.5 Å². The molecule has 1 aromatic heterocycles. The van der Waals surface area contributed by atoms with Crippen molar-refractivity contribution in [1.29, 1.82) is 0 Å². The highest BCUT2D eigenvalue weighted by Gasteiger charge is 2.27. The van der Waals surface area contributed by atoms with E-state index in [4.69, 9.17) is 4.52 Å². The number of hydrogen-bond donors (Lipinski definition) is 1. The highest BCUT2D eigenvalue weighted by molar-refractivity contribution is 9.10. The Bertz CT molecular complexity index is 749. The molecule has 1 aliphatic rings. The summed E-state index contributed by atoms with van der Waals surface area (Å²) in [5.74, 6) is 0.802. The summed E-state index contributed by atoms with van der Waals surface area (Å²) in [6.45, 7) is 7.68. The third-order valence-electron chi connectivity index (χ3n) is 4.28. The monoisotopic (exact) mass is 391 g/mol. The molecular weight excluding hydrogens is 370 g/mol. The number of carbonyl (C=O) groups excluding carboxylic acids is 1. The zero-order chi connectivity index (χ0) is 17.3. The van der Waals surface area contributed by atoms with Gasteiger partial charge in [0.1, 0.15) is 0 Å². The van der Waals surface area contributed by atoms with Gasteiger partial charge in [-0.25, -0.2) is 0 Å². The molecule has 5 nitrogen and oxygen atoms in total. The van der Waals surface area contributed by atoms with Crippen LogP contribution in [0.3, 0.4) is 0 Å². The van der Waals surface area contributed by atoms with Gasteiger partial charge in [-0.15, -0.1) is 0 Å². The van der Waals surface area contributed by atoms with Crippen molar-refractivity contribution >= 4 is 21.7 Å². The number of Topliss-reactive ketones (excluding diaryl/α,β-unsaturated/α-hetero) is 1. The predicted octanol–water partition coefficient (Wildman–Crippen LogP) is 3.98. The summed E-state index contributed by atoms with van der Waals surface area (Å²) < 4.78 is 6.31. The fourth-order valence-corrected chi connectivity index (χ4v) is 3.36. The quantitative estimate of drug-likeness (QED) is 0.801. The molecule has 0 spiro atoms. The molecule has 0 saturated heterocycles. The van der Waals surface area contributed by atoms with E-state index in [1.54, 1.807) is 0 Å². The second-order valence-corrected chi connectivity index (χ2v) is 8.22. The minimum Gasteiger partial charge on any atom is -0.338 e. The van der Waals surface area contributed by atoms with E-state index in [1.165, 1.54) is 11.1 Å². The minimum absolute atomic E-state index is 0.0602. The van der Waals surface area contributed by atoms with E-state index in [1.807, 2.05) is 26.8 Å². The number of halogens is 1. The molecule has 2 heterocycles. The van der Waals surface area contributed by atoms with Crippen LogP contribution in [0.5, 0.6) is 0 Å². The normalized spacial score (nSPS) is 18.1. The maximum absolute atomic E-state index is 12.6. The minimum atomic E-state index is -0.253. The number of nitrogens with one attached hydrogen (secondary N) is 1. The van der Waals surface area contributed by atoms with Gasteiger partial charge in [0.2, 0.25) is 17.5 Å². The zero-order valence-corrected chi connectivity index (χ0v) is 15.8. The van der Waals surface area contributed by atoms with Gasteiger partial charge in [-0.3, -0.25) is 4.79 Å². The summed E-state index contributed by atoms with van der Waals surface area (Å²) in [7, 11) is 0. The van der Waals surface area contributed by atoms with Gasteiger partial charge in [0.25, 0.3) is 0 Å². The van der Waals surface area contributed by atoms with Crippen LogP contribution < -0.4 is 5.32 Å². The first-order valence-corrected chi connectivity index (χ1v) is 9.00. The van der Waals surface area contributed by atoms with Crippen LogP contribution in [0.25, 0.3) is 0 Å². The molecule has 0 aliphatic carbocycles. The van der Waals surface area contributed by atoms with Gasteiger partial charge in [0.15, 0.2) is 0 Å². The molecule has 24 heavy (non-hydrogen) atoms. The van der Waals surface area contributed by atoms with Crippen molar-refractivity contribution in [3.05, 3.63) is 45.5 Å². The maximum Gasteiger partial charge on any atom is 0.238 e. The molecule has 0 unspecified atom stereocenters. The average Bonchev–Trinajstić information content (AvgIpc) is 2.93. The van der Waals surface area contributed by atoms with Crippen LogP contribution in [-0.4, -0.2) is 22.5 Å². The number of aromatic nitrogens is 2. The van der Waals surface area contributed by atoms with Gasteiger partial charge in [0, 0.05) is 22.9 Å².